The van der Waals surface area contributed by atoms with Crippen LogP contribution >= 0.6 is 22.6 Å². The predicted molar refractivity (Wildman–Crippen MR) is 94.1 cm³/mol. The molecule has 0 aliphatic carbocycles. The summed E-state index contributed by atoms with van der Waals surface area (Å²) in [6, 6.07) is 9.72. The molecule has 0 unspecified atom stereocenters. The maximum absolute atomic E-state index is 5.86. The minimum atomic E-state index is -0.129. The standard InChI is InChI=1S/C16H20IN3O/c1-5-18-13-10-14(20-15(19-13)16(2,3)4)21-12-8-6-11(17)7-9-12/h6-10H,5H2,1-4H3,(H,18,19,20). The van der Waals surface area contributed by atoms with Gasteiger partial charge in [0.25, 0.3) is 0 Å². The minimum Gasteiger partial charge on any atom is -0.439 e. The molecule has 0 saturated carbocycles. The molecule has 0 fully saturated rings. The number of anilines is 1. The number of nitrogens with zero attached hydrogens (tertiary/aromatic N) is 2. The van der Waals surface area contributed by atoms with E-state index in [1.54, 1.807) is 0 Å². The third kappa shape index (κ3) is 4.56. The topological polar surface area (TPSA) is 47.0 Å². The molecule has 21 heavy (non-hydrogen) atoms. The zero-order valence-electron chi connectivity index (χ0n) is 12.8. The first-order valence-corrected chi connectivity index (χ1v) is 8.03. The van der Waals surface area contributed by atoms with Crippen LogP contribution in [0.1, 0.15) is 33.5 Å². The van der Waals surface area contributed by atoms with E-state index in [2.05, 4.69) is 58.6 Å². The molecule has 0 aliphatic rings. The van der Waals surface area contributed by atoms with Gasteiger partial charge in [-0.15, -0.1) is 0 Å². The highest BCUT2D eigenvalue weighted by atomic mass is 127. The maximum atomic E-state index is 5.86. The molecule has 0 bridgehead atoms. The zero-order chi connectivity index (χ0) is 15.5. The quantitative estimate of drug-likeness (QED) is 0.766. The number of hydrogen-bond donors (Lipinski definition) is 1. The van der Waals surface area contributed by atoms with Gasteiger partial charge in [0.1, 0.15) is 17.4 Å². The molecule has 4 nitrogen and oxygen atoms in total. The van der Waals surface area contributed by atoms with Gasteiger partial charge in [0.2, 0.25) is 5.88 Å². The predicted octanol–water partition coefficient (Wildman–Crippen LogP) is 4.60. The van der Waals surface area contributed by atoms with Crippen molar-refractivity contribution in [1.29, 1.82) is 0 Å². The van der Waals surface area contributed by atoms with Gasteiger partial charge in [-0.3, -0.25) is 0 Å². The van der Waals surface area contributed by atoms with Gasteiger partial charge < -0.3 is 10.1 Å². The van der Waals surface area contributed by atoms with E-state index in [1.807, 2.05) is 37.3 Å². The Morgan fingerprint density at radius 3 is 2.38 bits per heavy atom. The molecule has 0 radical (unpaired) electrons. The Balaban J connectivity index is 2.33. The molecule has 1 N–H and O–H groups in total. The molecule has 0 spiro atoms. The van der Waals surface area contributed by atoms with Gasteiger partial charge in [-0.05, 0) is 53.8 Å². The van der Waals surface area contributed by atoms with E-state index in [1.165, 1.54) is 3.57 Å². The SMILES string of the molecule is CCNc1cc(Oc2ccc(I)cc2)nc(C(C)(C)C)n1. The lowest BCUT2D eigenvalue weighted by Crippen LogP contribution is -2.17. The van der Waals surface area contributed by atoms with Crippen molar-refractivity contribution in [3.8, 4) is 11.6 Å². The first-order valence-electron chi connectivity index (χ1n) is 6.95. The summed E-state index contributed by atoms with van der Waals surface area (Å²) < 4.78 is 7.03. The highest BCUT2D eigenvalue weighted by molar-refractivity contribution is 14.1. The van der Waals surface area contributed by atoms with Gasteiger partial charge in [-0.25, -0.2) is 4.98 Å². The Hall–Kier alpha value is -1.37. The van der Waals surface area contributed by atoms with Crippen molar-refractivity contribution in [3.63, 3.8) is 0 Å². The lowest BCUT2D eigenvalue weighted by molar-refractivity contribution is 0.446. The van der Waals surface area contributed by atoms with Crippen LogP contribution in [0.2, 0.25) is 0 Å². The molecular formula is C16H20IN3O. The van der Waals surface area contributed by atoms with Crippen molar-refractivity contribution in [2.24, 2.45) is 0 Å². The van der Waals surface area contributed by atoms with E-state index in [9.17, 15) is 0 Å². The fourth-order valence-electron chi connectivity index (χ4n) is 1.71. The summed E-state index contributed by atoms with van der Waals surface area (Å²) in [4.78, 5) is 9.08. The van der Waals surface area contributed by atoms with E-state index in [4.69, 9.17) is 4.74 Å². The van der Waals surface area contributed by atoms with Crippen LogP contribution < -0.4 is 10.1 Å². The number of benzene rings is 1. The van der Waals surface area contributed by atoms with Crippen molar-refractivity contribution < 1.29 is 4.74 Å². The van der Waals surface area contributed by atoms with Gasteiger partial charge in [0, 0.05) is 21.6 Å². The number of halogens is 1. The van der Waals surface area contributed by atoms with Crippen molar-refractivity contribution in [3.05, 3.63) is 39.7 Å². The summed E-state index contributed by atoms with van der Waals surface area (Å²) >= 11 is 2.27. The van der Waals surface area contributed by atoms with Crippen molar-refractivity contribution >= 4 is 28.4 Å². The van der Waals surface area contributed by atoms with E-state index >= 15 is 0 Å². The average molecular weight is 397 g/mol. The molecule has 0 aliphatic heterocycles. The van der Waals surface area contributed by atoms with Crippen LogP contribution in [-0.4, -0.2) is 16.5 Å². The number of rotatable bonds is 4. The molecule has 0 atom stereocenters. The third-order valence-corrected chi connectivity index (χ3v) is 3.49. The van der Waals surface area contributed by atoms with Gasteiger partial charge in [0.05, 0.1) is 0 Å². The molecular weight excluding hydrogens is 377 g/mol. The van der Waals surface area contributed by atoms with Crippen LogP contribution in [0.3, 0.4) is 0 Å². The van der Waals surface area contributed by atoms with Crippen LogP contribution in [0.15, 0.2) is 30.3 Å². The van der Waals surface area contributed by atoms with E-state index < -0.39 is 0 Å². The molecule has 1 heterocycles. The zero-order valence-corrected chi connectivity index (χ0v) is 14.9. The third-order valence-electron chi connectivity index (χ3n) is 2.77. The monoisotopic (exact) mass is 397 g/mol. The fraction of sp³-hybridized carbons (Fsp3) is 0.375. The summed E-state index contributed by atoms with van der Waals surface area (Å²) in [7, 11) is 0. The normalized spacial score (nSPS) is 11.3. The first-order chi connectivity index (χ1) is 9.88. The fourth-order valence-corrected chi connectivity index (χ4v) is 2.07. The summed E-state index contributed by atoms with van der Waals surface area (Å²) in [5.74, 6) is 2.89. The van der Waals surface area contributed by atoms with E-state index in [0.717, 1.165) is 23.9 Å². The largest absolute Gasteiger partial charge is 0.439 e. The summed E-state index contributed by atoms with van der Waals surface area (Å²) in [5.41, 5.74) is -0.129. The minimum absolute atomic E-state index is 0.129. The number of hydrogen-bond acceptors (Lipinski definition) is 4. The maximum Gasteiger partial charge on any atom is 0.224 e. The van der Waals surface area contributed by atoms with Crippen molar-refractivity contribution in [2.45, 2.75) is 33.1 Å². The Labute approximate surface area is 139 Å². The second-order valence-electron chi connectivity index (χ2n) is 5.75. The van der Waals surface area contributed by atoms with Crippen LogP contribution in [0.5, 0.6) is 11.6 Å². The second-order valence-corrected chi connectivity index (χ2v) is 7.00. The number of aromatic nitrogens is 2. The Morgan fingerprint density at radius 1 is 1.14 bits per heavy atom. The Morgan fingerprint density at radius 2 is 1.81 bits per heavy atom. The summed E-state index contributed by atoms with van der Waals surface area (Å²) in [6.45, 7) is 9.12. The Kier molecular flexibility index (Phi) is 5.03. The highest BCUT2D eigenvalue weighted by Gasteiger charge is 2.19. The van der Waals surface area contributed by atoms with E-state index in [-0.39, 0.29) is 5.41 Å². The number of ether oxygens (including phenoxy) is 1. The smallest absolute Gasteiger partial charge is 0.224 e. The molecule has 1 aromatic heterocycles. The van der Waals surface area contributed by atoms with Gasteiger partial charge in [-0.1, -0.05) is 20.8 Å². The molecule has 1 aromatic carbocycles. The van der Waals surface area contributed by atoms with Gasteiger partial charge in [0.15, 0.2) is 0 Å². The lowest BCUT2D eigenvalue weighted by atomic mass is 9.96. The molecule has 5 heteroatoms. The van der Waals surface area contributed by atoms with Crippen LogP contribution in [-0.2, 0) is 5.41 Å². The molecule has 0 amide bonds. The van der Waals surface area contributed by atoms with Crippen LogP contribution in [0.25, 0.3) is 0 Å². The average Bonchev–Trinajstić information content (AvgIpc) is 2.41. The highest BCUT2D eigenvalue weighted by Crippen LogP contribution is 2.26. The van der Waals surface area contributed by atoms with Crippen LogP contribution in [0, 0.1) is 3.57 Å². The number of nitrogens with one attached hydrogen (secondary N) is 1. The van der Waals surface area contributed by atoms with Crippen LogP contribution in [0.4, 0.5) is 5.82 Å². The first kappa shape index (κ1) is 16.0. The molecule has 0 saturated heterocycles. The summed E-state index contributed by atoms with van der Waals surface area (Å²) in [6.07, 6.45) is 0. The Bertz CT molecular complexity index is 606. The van der Waals surface area contributed by atoms with E-state index in [0.29, 0.717) is 5.88 Å². The lowest BCUT2D eigenvalue weighted by Gasteiger charge is -2.18. The second kappa shape index (κ2) is 6.60. The van der Waals surface area contributed by atoms with Crippen molar-refractivity contribution in [2.75, 3.05) is 11.9 Å². The molecule has 112 valence electrons. The molecule has 2 aromatic rings. The van der Waals surface area contributed by atoms with Gasteiger partial charge >= 0.3 is 0 Å². The summed E-state index contributed by atoms with van der Waals surface area (Å²) in [5, 5.41) is 3.22. The van der Waals surface area contributed by atoms with Crippen molar-refractivity contribution in [1.82, 2.24) is 9.97 Å². The molecule has 2 rings (SSSR count). The van der Waals surface area contributed by atoms with Gasteiger partial charge in [-0.2, -0.15) is 4.98 Å².